The molecule has 2 N–H and O–H groups in total. The zero-order valence-corrected chi connectivity index (χ0v) is 12.7. The van der Waals surface area contributed by atoms with Crippen LogP contribution in [0.15, 0.2) is 18.5 Å². The molecule has 1 aliphatic rings. The summed E-state index contributed by atoms with van der Waals surface area (Å²) >= 11 is 0. The molecular weight excluding hydrogens is 287 g/mol. The number of rotatable bonds is 3. The molecule has 1 saturated heterocycles. The van der Waals surface area contributed by atoms with E-state index in [1.54, 1.807) is 10.9 Å². The Labute approximate surface area is 126 Å². The Morgan fingerprint density at radius 1 is 1.47 bits per heavy atom. The van der Waals surface area contributed by atoms with E-state index in [4.69, 9.17) is 5.73 Å². The summed E-state index contributed by atoms with van der Waals surface area (Å²) in [7, 11) is 0. The second-order valence-electron chi connectivity index (χ2n) is 4.71. The van der Waals surface area contributed by atoms with E-state index in [0.29, 0.717) is 6.54 Å². The van der Waals surface area contributed by atoms with E-state index in [1.165, 1.54) is 0 Å². The monoisotopic (exact) mass is 308 g/mol. The van der Waals surface area contributed by atoms with Gasteiger partial charge in [-0.05, 0) is 32.3 Å². The molecule has 0 saturated carbocycles. The number of halogens is 2. The van der Waals surface area contributed by atoms with Crippen LogP contribution in [-0.2, 0) is 11.3 Å². The molecule has 2 heterocycles. The van der Waals surface area contributed by atoms with Crippen LogP contribution in [0.25, 0.3) is 0 Å². The number of nitrogens with zero attached hydrogens (tertiary/aromatic N) is 3. The topological polar surface area (TPSA) is 64.2 Å². The molecule has 0 spiro atoms. The molecule has 5 nitrogen and oxygen atoms in total. The number of amides is 1. The highest BCUT2D eigenvalue weighted by molar-refractivity contribution is 5.85. The van der Waals surface area contributed by atoms with Gasteiger partial charge >= 0.3 is 0 Å². The maximum atomic E-state index is 12.2. The van der Waals surface area contributed by atoms with Crippen LogP contribution in [0.4, 0.5) is 0 Å². The molecule has 1 fully saturated rings. The van der Waals surface area contributed by atoms with Gasteiger partial charge in [-0.15, -0.1) is 24.8 Å². The second-order valence-corrected chi connectivity index (χ2v) is 4.71. The number of nitrogens with two attached hydrogens (primary N) is 1. The van der Waals surface area contributed by atoms with E-state index < -0.39 is 0 Å². The Balaban J connectivity index is 0.00000162. The number of carbonyl (C=O) groups excluding carboxylic acids is 1. The van der Waals surface area contributed by atoms with Gasteiger partial charge < -0.3 is 10.6 Å². The van der Waals surface area contributed by atoms with Gasteiger partial charge in [-0.1, -0.05) is 0 Å². The van der Waals surface area contributed by atoms with Crippen LogP contribution in [0.2, 0.25) is 0 Å². The molecule has 0 aromatic carbocycles. The van der Waals surface area contributed by atoms with Gasteiger partial charge in [0, 0.05) is 31.0 Å². The average Bonchev–Trinajstić information content (AvgIpc) is 2.81. The van der Waals surface area contributed by atoms with Gasteiger partial charge in [-0.2, -0.15) is 5.10 Å². The van der Waals surface area contributed by atoms with Crippen molar-refractivity contribution in [3.8, 4) is 0 Å². The molecule has 1 amide bonds. The summed E-state index contributed by atoms with van der Waals surface area (Å²) in [5, 5.41) is 4.06. The first-order valence-corrected chi connectivity index (χ1v) is 6.21. The highest BCUT2D eigenvalue weighted by atomic mass is 35.5. The molecule has 2 atom stereocenters. The van der Waals surface area contributed by atoms with Gasteiger partial charge in [0.1, 0.15) is 6.54 Å². The molecule has 2 unspecified atom stereocenters. The van der Waals surface area contributed by atoms with Crippen LogP contribution in [0, 0.1) is 0 Å². The largest absolute Gasteiger partial charge is 0.337 e. The lowest BCUT2D eigenvalue weighted by atomic mass is 9.97. The Morgan fingerprint density at radius 2 is 2.21 bits per heavy atom. The molecule has 1 aromatic rings. The minimum atomic E-state index is 0. The van der Waals surface area contributed by atoms with E-state index in [1.807, 2.05) is 24.1 Å². The Kier molecular flexibility index (Phi) is 8.06. The number of hydrogen-bond donors (Lipinski definition) is 1. The zero-order chi connectivity index (χ0) is 12.3. The molecule has 19 heavy (non-hydrogen) atoms. The minimum Gasteiger partial charge on any atom is -0.337 e. The van der Waals surface area contributed by atoms with Crippen molar-refractivity contribution in [2.45, 2.75) is 44.8 Å². The van der Waals surface area contributed by atoms with Crippen molar-refractivity contribution in [1.29, 1.82) is 0 Å². The summed E-state index contributed by atoms with van der Waals surface area (Å²) in [4.78, 5) is 14.1. The highest BCUT2D eigenvalue weighted by Gasteiger charge is 2.29. The van der Waals surface area contributed by atoms with Crippen LogP contribution < -0.4 is 5.73 Å². The van der Waals surface area contributed by atoms with Crippen LogP contribution in [0.1, 0.15) is 26.2 Å². The molecule has 2 rings (SSSR count). The third kappa shape index (κ3) is 4.67. The molecule has 0 aliphatic carbocycles. The van der Waals surface area contributed by atoms with Crippen molar-refractivity contribution < 1.29 is 4.79 Å². The predicted octanol–water partition coefficient (Wildman–Crippen LogP) is 1.45. The van der Waals surface area contributed by atoms with Crippen molar-refractivity contribution in [2.24, 2.45) is 5.73 Å². The lowest BCUT2D eigenvalue weighted by molar-refractivity contribution is -0.136. The van der Waals surface area contributed by atoms with Gasteiger partial charge in [0.15, 0.2) is 0 Å². The normalized spacial score (nSPS) is 20.1. The van der Waals surface area contributed by atoms with Crippen LogP contribution in [0.3, 0.4) is 0 Å². The third-order valence-corrected chi connectivity index (χ3v) is 3.33. The van der Waals surface area contributed by atoms with E-state index >= 15 is 0 Å². The first-order chi connectivity index (χ1) is 8.18. The number of aromatic nitrogens is 2. The van der Waals surface area contributed by atoms with E-state index in [2.05, 4.69) is 5.10 Å². The lowest BCUT2D eigenvalue weighted by Crippen LogP contribution is -2.52. The van der Waals surface area contributed by atoms with E-state index in [9.17, 15) is 4.79 Å². The van der Waals surface area contributed by atoms with Crippen LogP contribution in [0.5, 0.6) is 0 Å². The molecule has 0 radical (unpaired) electrons. The van der Waals surface area contributed by atoms with Gasteiger partial charge in [-0.25, -0.2) is 0 Å². The summed E-state index contributed by atoms with van der Waals surface area (Å²) < 4.78 is 1.66. The first-order valence-electron chi connectivity index (χ1n) is 6.21. The minimum absolute atomic E-state index is 0. The molecule has 110 valence electrons. The van der Waals surface area contributed by atoms with E-state index in [-0.39, 0.29) is 42.8 Å². The molecular formula is C12H22Cl2N4O. The lowest BCUT2D eigenvalue weighted by Gasteiger charge is -2.38. The summed E-state index contributed by atoms with van der Waals surface area (Å²) in [6.07, 6.45) is 6.75. The fraction of sp³-hybridized carbons (Fsp3) is 0.667. The quantitative estimate of drug-likeness (QED) is 0.919. The highest BCUT2D eigenvalue weighted by Crippen LogP contribution is 2.19. The fourth-order valence-corrected chi connectivity index (χ4v) is 2.44. The Hall–Kier alpha value is -0.780. The summed E-state index contributed by atoms with van der Waals surface area (Å²) in [5.74, 6) is 0.121. The Morgan fingerprint density at radius 3 is 2.79 bits per heavy atom. The SMILES string of the molecule is CC(N)C1CCCCN1C(=O)Cn1cccn1.Cl.Cl. The smallest absolute Gasteiger partial charge is 0.244 e. The molecule has 1 aliphatic heterocycles. The third-order valence-electron chi connectivity index (χ3n) is 3.33. The fourth-order valence-electron chi connectivity index (χ4n) is 2.44. The second kappa shape index (κ2) is 8.40. The van der Waals surface area contributed by atoms with Crippen molar-refractivity contribution in [3.63, 3.8) is 0 Å². The first kappa shape index (κ1) is 18.2. The Bertz CT molecular complexity index is 370. The number of carbonyl (C=O) groups is 1. The summed E-state index contributed by atoms with van der Waals surface area (Å²) in [6, 6.07) is 2.05. The van der Waals surface area contributed by atoms with Crippen LogP contribution >= 0.6 is 24.8 Å². The molecule has 0 bridgehead atoms. The van der Waals surface area contributed by atoms with Crippen molar-refractivity contribution >= 4 is 30.7 Å². The van der Waals surface area contributed by atoms with Gasteiger partial charge in [0.25, 0.3) is 0 Å². The molecule has 1 aromatic heterocycles. The summed E-state index contributed by atoms with van der Waals surface area (Å²) in [5.41, 5.74) is 5.95. The predicted molar refractivity (Wildman–Crippen MR) is 79.7 cm³/mol. The van der Waals surface area contributed by atoms with Gasteiger partial charge in [0.2, 0.25) is 5.91 Å². The van der Waals surface area contributed by atoms with Crippen molar-refractivity contribution in [2.75, 3.05) is 6.54 Å². The maximum absolute atomic E-state index is 12.2. The zero-order valence-electron chi connectivity index (χ0n) is 11.1. The van der Waals surface area contributed by atoms with Gasteiger partial charge in [0.05, 0.1) is 0 Å². The van der Waals surface area contributed by atoms with Crippen molar-refractivity contribution in [1.82, 2.24) is 14.7 Å². The van der Waals surface area contributed by atoms with Crippen LogP contribution in [-0.4, -0.2) is 39.2 Å². The summed E-state index contributed by atoms with van der Waals surface area (Å²) in [6.45, 7) is 3.12. The van der Waals surface area contributed by atoms with Crippen molar-refractivity contribution in [3.05, 3.63) is 18.5 Å². The number of piperidine rings is 1. The standard InChI is InChI=1S/C12H20N4O.2ClH/c1-10(13)11-5-2-3-8-16(11)12(17)9-15-7-4-6-14-15;;/h4,6-7,10-11H,2-3,5,8-9,13H2,1H3;2*1H. The number of likely N-dealkylation sites (tertiary alicyclic amines) is 1. The number of hydrogen-bond acceptors (Lipinski definition) is 3. The maximum Gasteiger partial charge on any atom is 0.244 e. The van der Waals surface area contributed by atoms with Gasteiger partial charge in [-0.3, -0.25) is 9.48 Å². The average molecular weight is 309 g/mol. The van der Waals surface area contributed by atoms with E-state index in [0.717, 1.165) is 25.8 Å². The molecule has 7 heteroatoms.